The van der Waals surface area contributed by atoms with Crippen molar-refractivity contribution < 1.29 is 13.4 Å². The van der Waals surface area contributed by atoms with Crippen LogP contribution in [0, 0.1) is 12.7 Å². The van der Waals surface area contributed by atoms with E-state index in [0.717, 1.165) is 22.2 Å². The average Bonchev–Trinajstić information content (AvgIpc) is 2.95. The van der Waals surface area contributed by atoms with E-state index >= 15 is 0 Å². The lowest BCUT2D eigenvalue weighted by molar-refractivity contribution is -0.660. The minimum Gasteiger partial charge on any atom is -0.455 e. The Balaban J connectivity index is 2.14. The SMILES string of the molecule is Cc1cc(F)c2c(oc3ccccc32)c1-c1cc(C(C)C)cc[n+]1C. The highest BCUT2D eigenvalue weighted by Crippen LogP contribution is 2.38. The maximum absolute atomic E-state index is 14.7. The minimum atomic E-state index is -0.233. The summed E-state index contributed by atoms with van der Waals surface area (Å²) >= 11 is 0. The number of fused-ring (bicyclic) bond motifs is 3. The molecule has 2 heterocycles. The van der Waals surface area contributed by atoms with Crippen LogP contribution in [0.25, 0.3) is 33.2 Å². The standard InChI is InChI=1S/C22H21FNO/c1-13(2)15-9-10-24(4)18(12-15)20-14(3)11-17(23)21-16-7-5-6-8-19(16)25-22(20)21/h5-13H,1-4H3/q+1. The number of hydrogen-bond donors (Lipinski definition) is 0. The van der Waals surface area contributed by atoms with Gasteiger partial charge in [0, 0.05) is 17.5 Å². The Kier molecular flexibility index (Phi) is 3.60. The van der Waals surface area contributed by atoms with E-state index in [1.54, 1.807) is 6.07 Å². The van der Waals surface area contributed by atoms with Gasteiger partial charge in [-0.25, -0.2) is 8.96 Å². The van der Waals surface area contributed by atoms with Crippen molar-refractivity contribution in [2.45, 2.75) is 26.7 Å². The lowest BCUT2D eigenvalue weighted by Crippen LogP contribution is -2.31. The molecule has 126 valence electrons. The summed E-state index contributed by atoms with van der Waals surface area (Å²) in [4.78, 5) is 0. The van der Waals surface area contributed by atoms with E-state index in [9.17, 15) is 4.39 Å². The Bertz CT molecular complexity index is 1110. The summed E-state index contributed by atoms with van der Waals surface area (Å²) in [5.74, 6) is 0.190. The van der Waals surface area contributed by atoms with Crippen molar-refractivity contribution in [3.05, 3.63) is 65.6 Å². The zero-order valence-corrected chi connectivity index (χ0v) is 14.9. The van der Waals surface area contributed by atoms with Gasteiger partial charge < -0.3 is 4.42 Å². The Labute approximate surface area is 146 Å². The van der Waals surface area contributed by atoms with Crippen molar-refractivity contribution >= 4 is 21.9 Å². The number of benzene rings is 2. The molecule has 0 unspecified atom stereocenters. The molecule has 3 heteroatoms. The van der Waals surface area contributed by atoms with Crippen molar-refractivity contribution in [1.29, 1.82) is 0 Å². The van der Waals surface area contributed by atoms with Crippen LogP contribution in [0.5, 0.6) is 0 Å². The first-order valence-electron chi connectivity index (χ1n) is 8.57. The van der Waals surface area contributed by atoms with Crippen molar-refractivity contribution in [1.82, 2.24) is 0 Å². The fourth-order valence-corrected chi connectivity index (χ4v) is 3.48. The Morgan fingerprint density at radius 1 is 1.08 bits per heavy atom. The fourth-order valence-electron chi connectivity index (χ4n) is 3.48. The lowest BCUT2D eigenvalue weighted by Gasteiger charge is -2.09. The molecule has 0 N–H and O–H groups in total. The summed E-state index contributed by atoms with van der Waals surface area (Å²) in [5.41, 5.74) is 5.45. The second-order valence-corrected chi connectivity index (χ2v) is 6.96. The van der Waals surface area contributed by atoms with E-state index in [0.29, 0.717) is 22.5 Å². The highest BCUT2D eigenvalue weighted by molar-refractivity contribution is 6.10. The van der Waals surface area contributed by atoms with Crippen LogP contribution >= 0.6 is 0 Å². The van der Waals surface area contributed by atoms with Crippen LogP contribution < -0.4 is 4.57 Å². The largest absolute Gasteiger partial charge is 0.455 e. The molecule has 0 saturated heterocycles. The second-order valence-electron chi connectivity index (χ2n) is 6.96. The highest BCUT2D eigenvalue weighted by atomic mass is 19.1. The predicted octanol–water partition coefficient (Wildman–Crippen LogP) is 5.65. The number of furan rings is 1. The summed E-state index contributed by atoms with van der Waals surface area (Å²) < 4.78 is 22.9. The van der Waals surface area contributed by atoms with Gasteiger partial charge in [0.25, 0.3) is 0 Å². The number of para-hydroxylation sites is 1. The van der Waals surface area contributed by atoms with Crippen LogP contribution in [0.3, 0.4) is 0 Å². The Morgan fingerprint density at radius 2 is 1.84 bits per heavy atom. The van der Waals surface area contributed by atoms with Crippen LogP contribution in [-0.4, -0.2) is 0 Å². The molecule has 0 fully saturated rings. The van der Waals surface area contributed by atoms with E-state index in [-0.39, 0.29) is 5.82 Å². The number of halogens is 1. The number of nitrogens with zero attached hydrogens (tertiary/aromatic N) is 1. The Morgan fingerprint density at radius 3 is 2.60 bits per heavy atom. The quantitative estimate of drug-likeness (QED) is 0.433. The smallest absolute Gasteiger partial charge is 0.216 e. The van der Waals surface area contributed by atoms with E-state index in [1.807, 2.05) is 38.2 Å². The van der Waals surface area contributed by atoms with Gasteiger partial charge in [0.05, 0.1) is 10.9 Å². The molecule has 0 aliphatic carbocycles. The fraction of sp³-hybridized carbons (Fsp3) is 0.227. The summed E-state index contributed by atoms with van der Waals surface area (Å²) in [6, 6.07) is 13.5. The van der Waals surface area contributed by atoms with Gasteiger partial charge in [-0.2, -0.15) is 0 Å². The molecule has 0 bridgehead atoms. The molecule has 0 saturated carbocycles. The second kappa shape index (κ2) is 5.69. The van der Waals surface area contributed by atoms with Gasteiger partial charge in [-0.3, -0.25) is 0 Å². The van der Waals surface area contributed by atoms with Gasteiger partial charge in [0.1, 0.15) is 18.4 Å². The molecule has 0 aliphatic rings. The number of pyridine rings is 1. The van der Waals surface area contributed by atoms with E-state index in [2.05, 4.69) is 36.7 Å². The summed E-state index contributed by atoms with van der Waals surface area (Å²) in [5, 5.41) is 1.38. The first-order valence-corrected chi connectivity index (χ1v) is 8.57. The van der Waals surface area contributed by atoms with Crippen LogP contribution in [0.1, 0.15) is 30.9 Å². The minimum absolute atomic E-state index is 0.233. The third kappa shape index (κ3) is 2.42. The van der Waals surface area contributed by atoms with Gasteiger partial charge in [0.15, 0.2) is 11.8 Å². The number of aryl methyl sites for hydroxylation is 2. The predicted molar refractivity (Wildman–Crippen MR) is 99.1 cm³/mol. The molecule has 4 rings (SSSR count). The molecule has 2 aromatic carbocycles. The number of hydrogen-bond acceptors (Lipinski definition) is 1. The maximum Gasteiger partial charge on any atom is 0.216 e. The molecule has 0 spiro atoms. The van der Waals surface area contributed by atoms with E-state index in [4.69, 9.17) is 4.42 Å². The first-order chi connectivity index (χ1) is 12.0. The monoisotopic (exact) mass is 334 g/mol. The van der Waals surface area contributed by atoms with Crippen LogP contribution in [0.2, 0.25) is 0 Å². The van der Waals surface area contributed by atoms with Gasteiger partial charge in [0.2, 0.25) is 5.69 Å². The number of rotatable bonds is 2. The molecule has 25 heavy (non-hydrogen) atoms. The van der Waals surface area contributed by atoms with Crippen LogP contribution in [0.4, 0.5) is 4.39 Å². The maximum atomic E-state index is 14.7. The van der Waals surface area contributed by atoms with Gasteiger partial charge >= 0.3 is 0 Å². The first kappa shape index (κ1) is 15.8. The van der Waals surface area contributed by atoms with E-state index in [1.165, 1.54) is 5.56 Å². The third-order valence-electron chi connectivity index (χ3n) is 4.90. The molecule has 2 nitrogen and oxygen atoms in total. The molecular weight excluding hydrogens is 313 g/mol. The van der Waals surface area contributed by atoms with Crippen molar-refractivity contribution in [2.75, 3.05) is 0 Å². The molecule has 0 radical (unpaired) electrons. The molecular formula is C22H21FNO+. The van der Waals surface area contributed by atoms with Gasteiger partial charge in [-0.1, -0.05) is 32.0 Å². The molecule has 0 amide bonds. The zero-order valence-electron chi connectivity index (χ0n) is 14.9. The van der Waals surface area contributed by atoms with Gasteiger partial charge in [-0.15, -0.1) is 0 Å². The topological polar surface area (TPSA) is 17.0 Å². The zero-order chi connectivity index (χ0) is 17.7. The Hall–Kier alpha value is -2.68. The van der Waals surface area contributed by atoms with Crippen molar-refractivity contribution in [3.63, 3.8) is 0 Å². The summed E-state index contributed by atoms with van der Waals surface area (Å²) in [6.45, 7) is 6.29. The highest BCUT2D eigenvalue weighted by Gasteiger charge is 2.23. The lowest BCUT2D eigenvalue weighted by atomic mass is 9.97. The molecule has 4 aromatic rings. The van der Waals surface area contributed by atoms with Crippen molar-refractivity contribution in [2.24, 2.45) is 7.05 Å². The normalized spacial score (nSPS) is 11.8. The molecule has 0 atom stereocenters. The van der Waals surface area contributed by atoms with Crippen LogP contribution in [0.15, 0.2) is 53.1 Å². The van der Waals surface area contributed by atoms with Gasteiger partial charge in [-0.05, 0) is 36.1 Å². The average molecular weight is 334 g/mol. The molecule has 2 aromatic heterocycles. The third-order valence-corrected chi connectivity index (χ3v) is 4.90. The number of aromatic nitrogens is 1. The van der Waals surface area contributed by atoms with E-state index < -0.39 is 0 Å². The molecule has 0 aliphatic heterocycles. The summed E-state index contributed by atoms with van der Waals surface area (Å²) in [7, 11) is 2.01. The van der Waals surface area contributed by atoms with Crippen molar-refractivity contribution in [3.8, 4) is 11.3 Å². The summed E-state index contributed by atoms with van der Waals surface area (Å²) in [6.07, 6.45) is 2.06. The van der Waals surface area contributed by atoms with Crippen LogP contribution in [-0.2, 0) is 7.05 Å².